The molecule has 0 atom stereocenters. The first-order valence-corrected chi connectivity index (χ1v) is 5.11. The normalized spacial score (nSPS) is 19.7. The number of hydrogen-bond donors (Lipinski definition) is 0. The fourth-order valence-electron chi connectivity index (χ4n) is 1.34. The van der Waals surface area contributed by atoms with Crippen LogP contribution in [-0.4, -0.2) is 17.0 Å². The Morgan fingerprint density at radius 2 is 2.13 bits per heavy atom. The van der Waals surface area contributed by atoms with Gasteiger partial charge in [0.15, 0.2) is 5.82 Å². The highest BCUT2D eigenvalue weighted by molar-refractivity contribution is 9.10. The molecule has 0 N–H and O–H groups in total. The van der Waals surface area contributed by atoms with Crippen molar-refractivity contribution in [3.8, 4) is 5.88 Å². The molecule has 0 amide bonds. The molecule has 0 bridgehead atoms. The lowest BCUT2D eigenvalue weighted by molar-refractivity contribution is -0.136. The van der Waals surface area contributed by atoms with Crippen molar-refractivity contribution in [2.24, 2.45) is 0 Å². The first-order chi connectivity index (χ1) is 6.96. The van der Waals surface area contributed by atoms with Crippen LogP contribution in [0.1, 0.15) is 12.8 Å². The number of alkyl halides is 2. The molecule has 0 spiro atoms. The highest BCUT2D eigenvalue weighted by Gasteiger charge is 2.47. The average molecular weight is 282 g/mol. The number of aromatic nitrogens is 1. The number of halogens is 4. The monoisotopic (exact) mass is 281 g/mol. The SMILES string of the molecule is Fc1cc(Br)cnc1OC1CC(F)(F)C1. The smallest absolute Gasteiger partial charge is 0.255 e. The minimum atomic E-state index is -2.67. The summed E-state index contributed by atoms with van der Waals surface area (Å²) < 4.78 is 43.5. The van der Waals surface area contributed by atoms with Crippen molar-refractivity contribution in [1.29, 1.82) is 0 Å². The summed E-state index contributed by atoms with van der Waals surface area (Å²) in [4.78, 5) is 3.66. The van der Waals surface area contributed by atoms with Gasteiger partial charge in [0.2, 0.25) is 0 Å². The molecular weight excluding hydrogens is 275 g/mol. The third-order valence-corrected chi connectivity index (χ3v) is 2.54. The molecule has 1 aliphatic rings. The van der Waals surface area contributed by atoms with E-state index < -0.39 is 17.8 Å². The van der Waals surface area contributed by atoms with Gasteiger partial charge in [0, 0.05) is 23.5 Å². The Balaban J connectivity index is 2.00. The van der Waals surface area contributed by atoms with E-state index in [9.17, 15) is 13.2 Å². The average Bonchev–Trinajstić information content (AvgIpc) is 2.06. The number of pyridine rings is 1. The predicted molar refractivity (Wildman–Crippen MR) is 50.5 cm³/mol. The quantitative estimate of drug-likeness (QED) is 0.831. The van der Waals surface area contributed by atoms with Crippen molar-refractivity contribution in [3.63, 3.8) is 0 Å². The van der Waals surface area contributed by atoms with Crippen molar-refractivity contribution in [3.05, 3.63) is 22.6 Å². The van der Waals surface area contributed by atoms with Crippen molar-refractivity contribution in [2.45, 2.75) is 24.9 Å². The van der Waals surface area contributed by atoms with Crippen LogP contribution >= 0.6 is 15.9 Å². The summed E-state index contributed by atoms with van der Waals surface area (Å²) in [6.45, 7) is 0. The molecule has 1 heterocycles. The second-order valence-electron chi connectivity index (χ2n) is 3.44. The van der Waals surface area contributed by atoms with E-state index in [1.165, 1.54) is 12.3 Å². The Morgan fingerprint density at radius 3 is 2.67 bits per heavy atom. The molecule has 6 heteroatoms. The Morgan fingerprint density at radius 1 is 1.47 bits per heavy atom. The van der Waals surface area contributed by atoms with Gasteiger partial charge < -0.3 is 4.74 Å². The molecule has 0 aliphatic heterocycles. The molecule has 1 aromatic heterocycles. The summed E-state index contributed by atoms with van der Waals surface area (Å²) in [6, 6.07) is 1.18. The molecular formula is C9H7BrF3NO. The molecule has 0 saturated heterocycles. The number of ether oxygens (including phenoxy) is 1. The van der Waals surface area contributed by atoms with E-state index in [2.05, 4.69) is 20.9 Å². The zero-order valence-corrected chi connectivity index (χ0v) is 9.10. The molecule has 1 aliphatic carbocycles. The fourth-order valence-corrected chi connectivity index (χ4v) is 1.64. The number of rotatable bonds is 2. The molecule has 0 aromatic carbocycles. The van der Waals surface area contributed by atoms with Crippen molar-refractivity contribution >= 4 is 15.9 Å². The van der Waals surface area contributed by atoms with E-state index in [0.717, 1.165) is 0 Å². The van der Waals surface area contributed by atoms with Gasteiger partial charge in [-0.3, -0.25) is 0 Å². The van der Waals surface area contributed by atoms with Crippen LogP contribution in [0, 0.1) is 5.82 Å². The standard InChI is InChI=1S/C9H7BrF3NO/c10-5-1-7(11)8(14-4-5)15-6-2-9(12,13)3-6/h1,4,6H,2-3H2. The molecule has 1 aromatic rings. The van der Waals surface area contributed by atoms with E-state index in [1.807, 2.05) is 0 Å². The first kappa shape index (κ1) is 10.7. The van der Waals surface area contributed by atoms with Crippen LogP contribution in [0.2, 0.25) is 0 Å². The van der Waals surface area contributed by atoms with Gasteiger partial charge >= 0.3 is 0 Å². The Hall–Kier alpha value is -0.780. The molecule has 1 saturated carbocycles. The lowest BCUT2D eigenvalue weighted by Gasteiger charge is -2.34. The van der Waals surface area contributed by atoms with Gasteiger partial charge in [0.25, 0.3) is 11.8 Å². The number of nitrogens with zero attached hydrogens (tertiary/aromatic N) is 1. The van der Waals surface area contributed by atoms with E-state index in [-0.39, 0.29) is 18.7 Å². The summed E-state index contributed by atoms with van der Waals surface area (Å²) in [5, 5.41) is 0. The van der Waals surface area contributed by atoms with Crippen LogP contribution in [0.15, 0.2) is 16.7 Å². The van der Waals surface area contributed by atoms with Crippen LogP contribution in [0.4, 0.5) is 13.2 Å². The van der Waals surface area contributed by atoms with E-state index in [4.69, 9.17) is 4.74 Å². The summed E-state index contributed by atoms with van der Waals surface area (Å²) in [7, 11) is 0. The van der Waals surface area contributed by atoms with Gasteiger partial charge in [0.1, 0.15) is 6.10 Å². The summed E-state index contributed by atoms with van der Waals surface area (Å²) in [5.74, 6) is -3.55. The zero-order chi connectivity index (χ0) is 11.1. The van der Waals surface area contributed by atoms with Crippen molar-refractivity contribution in [1.82, 2.24) is 4.98 Å². The lowest BCUT2D eigenvalue weighted by Crippen LogP contribution is -2.43. The zero-order valence-electron chi connectivity index (χ0n) is 7.51. The second kappa shape index (κ2) is 3.66. The lowest BCUT2D eigenvalue weighted by atomic mass is 9.91. The molecule has 2 rings (SSSR count). The fraction of sp³-hybridized carbons (Fsp3) is 0.444. The van der Waals surface area contributed by atoms with E-state index in [0.29, 0.717) is 4.47 Å². The topological polar surface area (TPSA) is 22.1 Å². The Bertz CT molecular complexity index is 378. The summed E-state index contributed by atoms with van der Waals surface area (Å²) in [5.41, 5.74) is 0. The maximum Gasteiger partial charge on any atom is 0.255 e. The van der Waals surface area contributed by atoms with Gasteiger partial charge in [-0.2, -0.15) is 0 Å². The van der Waals surface area contributed by atoms with E-state index in [1.54, 1.807) is 0 Å². The van der Waals surface area contributed by atoms with Gasteiger partial charge in [-0.15, -0.1) is 0 Å². The Labute approximate surface area is 92.6 Å². The molecule has 0 unspecified atom stereocenters. The minimum absolute atomic E-state index is 0.223. The first-order valence-electron chi connectivity index (χ1n) is 4.32. The van der Waals surface area contributed by atoms with Crippen LogP contribution in [0.5, 0.6) is 5.88 Å². The minimum Gasteiger partial charge on any atom is -0.472 e. The highest BCUT2D eigenvalue weighted by atomic mass is 79.9. The molecule has 0 radical (unpaired) electrons. The second-order valence-corrected chi connectivity index (χ2v) is 4.36. The molecule has 1 fully saturated rings. The van der Waals surface area contributed by atoms with Crippen LogP contribution in [-0.2, 0) is 0 Å². The maximum atomic E-state index is 13.2. The summed E-state index contributed by atoms with van der Waals surface area (Å²) in [6.07, 6.45) is -0.0213. The molecule has 2 nitrogen and oxygen atoms in total. The van der Waals surface area contributed by atoms with Crippen LogP contribution in [0.25, 0.3) is 0 Å². The third-order valence-electron chi connectivity index (χ3n) is 2.10. The highest BCUT2D eigenvalue weighted by Crippen LogP contribution is 2.39. The number of hydrogen-bond acceptors (Lipinski definition) is 2. The van der Waals surface area contributed by atoms with Crippen LogP contribution < -0.4 is 4.74 Å². The van der Waals surface area contributed by atoms with Crippen molar-refractivity contribution in [2.75, 3.05) is 0 Å². The van der Waals surface area contributed by atoms with E-state index >= 15 is 0 Å². The predicted octanol–water partition coefficient (Wildman–Crippen LogP) is 3.16. The van der Waals surface area contributed by atoms with Gasteiger partial charge in [-0.25, -0.2) is 18.2 Å². The van der Waals surface area contributed by atoms with Gasteiger partial charge in [-0.1, -0.05) is 0 Å². The van der Waals surface area contributed by atoms with Gasteiger partial charge in [-0.05, 0) is 22.0 Å². The summed E-state index contributed by atoms with van der Waals surface area (Å²) >= 11 is 3.03. The molecule has 15 heavy (non-hydrogen) atoms. The van der Waals surface area contributed by atoms with Crippen molar-refractivity contribution < 1.29 is 17.9 Å². The van der Waals surface area contributed by atoms with Gasteiger partial charge in [0.05, 0.1) is 0 Å². The Kier molecular flexibility index (Phi) is 2.62. The largest absolute Gasteiger partial charge is 0.472 e. The molecule has 82 valence electrons. The maximum absolute atomic E-state index is 13.2. The van der Waals surface area contributed by atoms with Crippen LogP contribution in [0.3, 0.4) is 0 Å². The third kappa shape index (κ3) is 2.42.